The first-order valence-electron chi connectivity index (χ1n) is 5.05. The molecule has 1 aromatic carbocycles. The number of hydrogen-bond acceptors (Lipinski definition) is 3. The van der Waals surface area contributed by atoms with Gasteiger partial charge >= 0.3 is 0 Å². The molecular weight excluding hydrogens is 258 g/mol. The number of aliphatic hydroxyl groups excluding tert-OH is 1. The van der Waals surface area contributed by atoms with E-state index >= 15 is 0 Å². The Balaban J connectivity index is 2.47. The predicted molar refractivity (Wildman–Crippen MR) is 62.0 cm³/mol. The van der Waals surface area contributed by atoms with Crippen LogP contribution in [0.5, 0.6) is 5.75 Å². The molecule has 3 N–H and O–H groups in total. The molecule has 1 aromatic rings. The molecule has 2 rings (SSSR count). The largest absolute Gasteiger partial charge is 0.493 e. The molecule has 0 aromatic heterocycles. The second-order valence-corrected chi connectivity index (χ2v) is 4.60. The van der Waals surface area contributed by atoms with Crippen molar-refractivity contribution >= 4 is 15.9 Å². The Morgan fingerprint density at radius 1 is 1.53 bits per heavy atom. The number of rotatable bonds is 2. The Labute approximate surface area is 97.4 Å². The summed E-state index contributed by atoms with van der Waals surface area (Å²) in [6, 6.07) is 3.92. The van der Waals surface area contributed by atoms with Crippen LogP contribution in [0.15, 0.2) is 16.6 Å². The molecular formula is C11H14BrNO2. The van der Waals surface area contributed by atoms with Crippen molar-refractivity contribution in [1.82, 2.24) is 0 Å². The van der Waals surface area contributed by atoms with E-state index in [2.05, 4.69) is 15.9 Å². The Hall–Kier alpha value is -0.580. The van der Waals surface area contributed by atoms with Crippen molar-refractivity contribution in [2.24, 2.45) is 5.73 Å². The fourth-order valence-electron chi connectivity index (χ4n) is 1.85. The molecule has 0 saturated carbocycles. The summed E-state index contributed by atoms with van der Waals surface area (Å²) in [6.07, 6.45) is 1.38. The molecule has 0 aliphatic carbocycles. The smallest absolute Gasteiger partial charge is 0.128 e. The Morgan fingerprint density at radius 2 is 2.33 bits per heavy atom. The van der Waals surface area contributed by atoms with Gasteiger partial charge in [-0.05, 0) is 30.5 Å². The van der Waals surface area contributed by atoms with Gasteiger partial charge in [0.05, 0.1) is 12.7 Å². The zero-order valence-electron chi connectivity index (χ0n) is 8.37. The van der Waals surface area contributed by atoms with Gasteiger partial charge in [-0.15, -0.1) is 0 Å². The monoisotopic (exact) mass is 271 g/mol. The second-order valence-electron chi connectivity index (χ2n) is 3.69. The van der Waals surface area contributed by atoms with E-state index in [1.807, 2.05) is 12.1 Å². The molecule has 0 spiro atoms. The maximum atomic E-state index is 9.78. The van der Waals surface area contributed by atoms with Crippen LogP contribution in [0.2, 0.25) is 0 Å². The molecule has 1 atom stereocenters. The van der Waals surface area contributed by atoms with E-state index in [-0.39, 0.29) is 6.54 Å². The fraction of sp³-hybridized carbons (Fsp3) is 0.455. The first kappa shape index (κ1) is 10.9. The maximum absolute atomic E-state index is 9.78. The van der Waals surface area contributed by atoms with Crippen molar-refractivity contribution in [3.05, 3.63) is 27.7 Å². The number of ether oxygens (including phenoxy) is 1. The molecule has 1 heterocycles. The van der Waals surface area contributed by atoms with Gasteiger partial charge in [0, 0.05) is 16.6 Å². The van der Waals surface area contributed by atoms with Crippen molar-refractivity contribution < 1.29 is 9.84 Å². The normalized spacial score (nSPS) is 16.7. The first-order valence-corrected chi connectivity index (χ1v) is 5.85. The van der Waals surface area contributed by atoms with Gasteiger partial charge in [0.25, 0.3) is 0 Å². The van der Waals surface area contributed by atoms with Crippen molar-refractivity contribution in [1.29, 1.82) is 0 Å². The number of nitrogens with two attached hydrogens (primary N) is 1. The summed E-state index contributed by atoms with van der Waals surface area (Å²) in [5.41, 5.74) is 7.41. The number of hydrogen-bond donors (Lipinski definition) is 2. The van der Waals surface area contributed by atoms with E-state index in [1.165, 1.54) is 0 Å². The van der Waals surface area contributed by atoms with Crippen LogP contribution in [0.3, 0.4) is 0 Å². The minimum absolute atomic E-state index is 0.215. The van der Waals surface area contributed by atoms with E-state index in [9.17, 15) is 5.11 Å². The minimum Gasteiger partial charge on any atom is -0.493 e. The van der Waals surface area contributed by atoms with Gasteiger partial charge < -0.3 is 15.6 Å². The summed E-state index contributed by atoms with van der Waals surface area (Å²) in [5.74, 6) is 0.822. The zero-order chi connectivity index (χ0) is 10.8. The minimum atomic E-state index is -0.644. The van der Waals surface area contributed by atoms with E-state index in [0.717, 1.165) is 40.8 Å². The zero-order valence-corrected chi connectivity index (χ0v) is 9.96. The van der Waals surface area contributed by atoms with Gasteiger partial charge in [-0.1, -0.05) is 15.9 Å². The molecule has 0 bridgehead atoms. The van der Waals surface area contributed by atoms with Crippen molar-refractivity contribution in [3.8, 4) is 5.75 Å². The van der Waals surface area contributed by atoms with Gasteiger partial charge in [-0.3, -0.25) is 0 Å². The molecule has 0 radical (unpaired) electrons. The predicted octanol–water partition coefficient (Wildman–Crippen LogP) is 1.77. The van der Waals surface area contributed by atoms with Crippen molar-refractivity contribution in [2.45, 2.75) is 18.9 Å². The lowest BCUT2D eigenvalue weighted by Gasteiger charge is -2.22. The molecule has 15 heavy (non-hydrogen) atoms. The van der Waals surface area contributed by atoms with E-state index in [1.54, 1.807) is 0 Å². The van der Waals surface area contributed by atoms with Crippen LogP contribution in [-0.2, 0) is 6.42 Å². The van der Waals surface area contributed by atoms with E-state index in [4.69, 9.17) is 10.5 Å². The number of aliphatic hydroxyl groups is 1. The molecule has 1 aliphatic heterocycles. The summed E-state index contributed by atoms with van der Waals surface area (Å²) in [5, 5.41) is 9.78. The highest BCUT2D eigenvalue weighted by atomic mass is 79.9. The average molecular weight is 272 g/mol. The van der Waals surface area contributed by atoms with Crippen LogP contribution < -0.4 is 10.5 Å². The van der Waals surface area contributed by atoms with E-state index < -0.39 is 6.10 Å². The molecule has 0 saturated heterocycles. The van der Waals surface area contributed by atoms with Gasteiger partial charge in [-0.2, -0.15) is 0 Å². The topological polar surface area (TPSA) is 55.5 Å². The third-order valence-corrected chi connectivity index (χ3v) is 3.04. The lowest BCUT2D eigenvalue weighted by molar-refractivity contribution is 0.177. The second kappa shape index (κ2) is 4.51. The number of aryl methyl sites for hydroxylation is 1. The summed E-state index contributed by atoms with van der Waals surface area (Å²) < 4.78 is 6.56. The molecule has 1 aliphatic rings. The van der Waals surface area contributed by atoms with E-state index in [0.29, 0.717) is 0 Å². The number of fused-ring (bicyclic) bond motifs is 1. The molecule has 3 nitrogen and oxygen atoms in total. The summed E-state index contributed by atoms with van der Waals surface area (Å²) in [4.78, 5) is 0. The highest BCUT2D eigenvalue weighted by molar-refractivity contribution is 9.10. The lowest BCUT2D eigenvalue weighted by Crippen LogP contribution is -2.16. The van der Waals surface area contributed by atoms with Gasteiger partial charge in [0.2, 0.25) is 0 Å². The quantitative estimate of drug-likeness (QED) is 0.862. The molecule has 1 unspecified atom stereocenters. The highest BCUT2D eigenvalue weighted by Gasteiger charge is 2.19. The average Bonchev–Trinajstić information content (AvgIpc) is 2.26. The van der Waals surface area contributed by atoms with Crippen molar-refractivity contribution in [3.63, 3.8) is 0 Å². The fourth-order valence-corrected chi connectivity index (χ4v) is 2.37. The van der Waals surface area contributed by atoms with Crippen LogP contribution in [0.1, 0.15) is 23.7 Å². The van der Waals surface area contributed by atoms with Gasteiger partial charge in [0.15, 0.2) is 0 Å². The highest BCUT2D eigenvalue weighted by Crippen LogP contribution is 2.35. The first-order chi connectivity index (χ1) is 7.22. The molecule has 4 heteroatoms. The summed E-state index contributed by atoms with van der Waals surface area (Å²) in [6.45, 7) is 0.936. The summed E-state index contributed by atoms with van der Waals surface area (Å²) in [7, 11) is 0. The Kier molecular flexibility index (Phi) is 3.29. The third-order valence-electron chi connectivity index (χ3n) is 2.58. The summed E-state index contributed by atoms with van der Waals surface area (Å²) >= 11 is 3.43. The molecule has 0 fully saturated rings. The van der Waals surface area contributed by atoms with Gasteiger partial charge in [0.1, 0.15) is 5.75 Å². The van der Waals surface area contributed by atoms with Crippen molar-refractivity contribution in [2.75, 3.05) is 13.2 Å². The number of benzene rings is 1. The van der Waals surface area contributed by atoms with Crippen LogP contribution in [0, 0.1) is 0 Å². The number of halogens is 1. The molecule has 82 valence electrons. The van der Waals surface area contributed by atoms with Crippen LogP contribution in [0.25, 0.3) is 0 Å². The Bertz CT molecular complexity index is 368. The molecule has 0 amide bonds. The van der Waals surface area contributed by atoms with Crippen LogP contribution >= 0.6 is 15.9 Å². The standard InChI is InChI=1S/C11H14BrNO2/c12-8-4-7-2-1-3-15-11(7)9(5-8)10(14)6-13/h4-5,10,14H,1-3,6,13H2. The lowest BCUT2D eigenvalue weighted by atomic mass is 9.99. The maximum Gasteiger partial charge on any atom is 0.128 e. The Morgan fingerprint density at radius 3 is 3.07 bits per heavy atom. The third kappa shape index (κ3) is 2.17. The van der Waals surface area contributed by atoms with Crippen LogP contribution in [0.4, 0.5) is 0 Å². The van der Waals surface area contributed by atoms with Crippen LogP contribution in [-0.4, -0.2) is 18.3 Å². The van der Waals surface area contributed by atoms with Gasteiger partial charge in [-0.25, -0.2) is 0 Å². The SMILES string of the molecule is NCC(O)c1cc(Br)cc2c1OCCC2.